The number of hydrogen-bond donors (Lipinski definition) is 1. The van der Waals surface area contributed by atoms with Gasteiger partial charge in [-0.2, -0.15) is 0 Å². The summed E-state index contributed by atoms with van der Waals surface area (Å²) in [6.07, 6.45) is -0.706. The molecule has 10 nitrogen and oxygen atoms in total. The number of carbonyl (C=O) groups is 3. The van der Waals surface area contributed by atoms with Crippen LogP contribution >= 0.6 is 0 Å². The number of rotatable bonds is 7. The Balaban J connectivity index is 2.14. The van der Waals surface area contributed by atoms with E-state index in [1.54, 1.807) is 30.3 Å². The van der Waals surface area contributed by atoms with Crippen LogP contribution in [0.15, 0.2) is 47.3 Å². The summed E-state index contributed by atoms with van der Waals surface area (Å²) in [5.74, 6) is -6.03. The van der Waals surface area contributed by atoms with E-state index in [2.05, 4.69) is 14.6 Å². The lowest BCUT2D eigenvalue weighted by molar-refractivity contribution is -0.142. The highest BCUT2D eigenvalue weighted by atomic mass is 19.3. The molecule has 0 unspecified atom stereocenters. The Morgan fingerprint density at radius 1 is 1.19 bits per heavy atom. The molecule has 168 valence electrons. The van der Waals surface area contributed by atoms with Crippen molar-refractivity contribution in [2.75, 3.05) is 20.8 Å². The molecule has 1 fully saturated rings. The average molecular weight is 441 g/mol. The van der Waals surface area contributed by atoms with Gasteiger partial charge in [0.25, 0.3) is 5.92 Å². The van der Waals surface area contributed by atoms with Crippen LogP contribution in [-0.2, 0) is 35.2 Å². The van der Waals surface area contributed by atoms with Gasteiger partial charge in [0.05, 0.1) is 39.5 Å². The molecule has 0 radical (unpaired) electrons. The third-order valence-electron chi connectivity index (χ3n) is 4.12. The number of hydrogen-bond acceptors (Lipinski definition) is 9. The van der Waals surface area contributed by atoms with Crippen LogP contribution in [0.5, 0.6) is 0 Å². The second-order valence-electron chi connectivity index (χ2n) is 6.50. The number of alkyl halides is 2. The smallest absolute Gasteiger partial charge is 0.412 e. The van der Waals surface area contributed by atoms with Crippen molar-refractivity contribution < 1.29 is 42.2 Å². The van der Waals surface area contributed by atoms with Gasteiger partial charge in [0.1, 0.15) is 12.3 Å². The lowest BCUT2D eigenvalue weighted by atomic mass is 10.1. The molecule has 31 heavy (non-hydrogen) atoms. The van der Waals surface area contributed by atoms with Crippen LogP contribution in [0.3, 0.4) is 0 Å². The molecular weight excluding hydrogens is 420 g/mol. The van der Waals surface area contributed by atoms with Gasteiger partial charge in [0.2, 0.25) is 5.76 Å². The summed E-state index contributed by atoms with van der Waals surface area (Å²) in [6.45, 7) is -1.16. The number of carbonyl (C=O) groups excluding carboxylic acids is 3. The Morgan fingerprint density at radius 2 is 1.87 bits per heavy atom. The Labute approximate surface area is 176 Å². The van der Waals surface area contributed by atoms with Gasteiger partial charge in [-0.15, -0.1) is 0 Å². The summed E-state index contributed by atoms with van der Waals surface area (Å²) in [4.78, 5) is 40.7. The van der Waals surface area contributed by atoms with Crippen molar-refractivity contribution in [1.82, 2.24) is 4.90 Å². The van der Waals surface area contributed by atoms with Gasteiger partial charge in [0.15, 0.2) is 0 Å². The molecule has 0 saturated carbocycles. The molecule has 0 aliphatic carbocycles. The summed E-state index contributed by atoms with van der Waals surface area (Å²) < 4.78 is 41.9. The molecule has 12 heteroatoms. The van der Waals surface area contributed by atoms with Crippen LogP contribution in [0.25, 0.3) is 0 Å². The molecule has 0 spiro atoms. The number of methoxy groups -OCH3 is 2. The first-order valence-corrected chi connectivity index (χ1v) is 8.85. The molecule has 1 aliphatic rings. The maximum absolute atomic E-state index is 14.0. The van der Waals surface area contributed by atoms with Crippen LogP contribution in [0.1, 0.15) is 12.0 Å². The number of ether oxygens (including phenoxy) is 3. The molecular formula is C19H21F2N3O7. The number of nitrogens with two attached hydrogens (primary N) is 1. The number of nitrogens with zero attached hydrogens (tertiary/aromatic N) is 2. The fourth-order valence-electron chi connectivity index (χ4n) is 2.65. The van der Waals surface area contributed by atoms with Crippen LogP contribution in [0.2, 0.25) is 0 Å². The molecule has 2 N–H and O–H groups in total. The van der Waals surface area contributed by atoms with E-state index < -0.39 is 48.3 Å². The van der Waals surface area contributed by atoms with E-state index >= 15 is 0 Å². The van der Waals surface area contributed by atoms with Crippen molar-refractivity contribution in [3.63, 3.8) is 0 Å². The van der Waals surface area contributed by atoms with Gasteiger partial charge in [-0.1, -0.05) is 35.5 Å². The van der Waals surface area contributed by atoms with Crippen LogP contribution < -0.4 is 5.73 Å². The third kappa shape index (κ3) is 6.47. The molecule has 1 saturated heterocycles. The number of halogens is 2. The van der Waals surface area contributed by atoms with Gasteiger partial charge in [-0.25, -0.2) is 23.2 Å². The fourth-order valence-corrected chi connectivity index (χ4v) is 2.65. The topological polar surface area (TPSA) is 130 Å². The Hall–Kier alpha value is -3.54. The number of benzene rings is 1. The zero-order chi connectivity index (χ0) is 23.1. The maximum Gasteiger partial charge on any atom is 0.412 e. The minimum absolute atomic E-state index is 0.153. The monoisotopic (exact) mass is 441 g/mol. The normalized spacial score (nSPS) is 20.4. The molecule has 1 amide bonds. The first kappa shape index (κ1) is 23.7. The van der Waals surface area contributed by atoms with E-state index in [1.165, 1.54) is 0 Å². The molecule has 2 rings (SSSR count). The second-order valence-corrected chi connectivity index (χ2v) is 6.50. The SMILES string of the molecule is COC(=O)C=C(ON=C[C@]1(N)CC(F)(F)CN1C(=O)OCc1ccccc1)C(=O)OC. The fraction of sp³-hybridized carbons (Fsp3) is 0.368. The standard InChI is InChI=1S/C19H21F2N3O7/c1-28-15(25)8-14(16(26)29-2)31-23-11-19(22)10-18(20,21)12-24(19)17(27)30-9-13-6-4-3-5-7-13/h3-8,11H,9-10,12,22H2,1-2H3/t19-/m0/s1. The molecule has 0 aromatic heterocycles. The predicted octanol–water partition coefficient (Wildman–Crippen LogP) is 1.55. The molecule has 1 aromatic rings. The first-order valence-electron chi connectivity index (χ1n) is 8.85. The Kier molecular flexibility index (Phi) is 7.64. The van der Waals surface area contributed by atoms with E-state index in [0.29, 0.717) is 22.8 Å². The zero-order valence-corrected chi connectivity index (χ0v) is 16.7. The predicted molar refractivity (Wildman–Crippen MR) is 102 cm³/mol. The van der Waals surface area contributed by atoms with Crippen LogP contribution in [0.4, 0.5) is 13.6 Å². The Morgan fingerprint density at radius 3 is 2.48 bits per heavy atom. The van der Waals surface area contributed by atoms with E-state index in [1.807, 2.05) is 0 Å². The molecule has 1 aromatic carbocycles. The number of likely N-dealkylation sites (tertiary alicyclic amines) is 1. The van der Waals surface area contributed by atoms with Gasteiger partial charge >= 0.3 is 18.0 Å². The first-order chi connectivity index (χ1) is 14.6. The number of oxime groups is 1. The molecule has 0 bridgehead atoms. The highest BCUT2D eigenvalue weighted by molar-refractivity contribution is 5.94. The summed E-state index contributed by atoms with van der Waals surface area (Å²) in [5.41, 5.74) is 4.53. The van der Waals surface area contributed by atoms with Crippen molar-refractivity contribution in [1.29, 1.82) is 0 Å². The summed E-state index contributed by atoms with van der Waals surface area (Å²) >= 11 is 0. The van der Waals surface area contributed by atoms with Gasteiger partial charge in [-0.05, 0) is 5.56 Å². The van der Waals surface area contributed by atoms with Crippen molar-refractivity contribution in [2.45, 2.75) is 24.6 Å². The minimum atomic E-state index is -3.32. The van der Waals surface area contributed by atoms with Gasteiger partial charge in [0, 0.05) is 0 Å². The van der Waals surface area contributed by atoms with Gasteiger partial charge in [-0.3, -0.25) is 4.90 Å². The van der Waals surface area contributed by atoms with Crippen molar-refractivity contribution >= 4 is 24.2 Å². The molecule has 1 heterocycles. The van der Waals surface area contributed by atoms with Gasteiger partial charge < -0.3 is 24.8 Å². The highest BCUT2D eigenvalue weighted by Gasteiger charge is 2.55. The summed E-state index contributed by atoms with van der Waals surface area (Å²) in [7, 11) is 2.08. The minimum Gasteiger partial charge on any atom is -0.466 e. The Bertz CT molecular complexity index is 877. The largest absolute Gasteiger partial charge is 0.466 e. The summed E-state index contributed by atoms with van der Waals surface area (Å²) in [5, 5.41) is 3.39. The number of amides is 1. The molecule has 1 aliphatic heterocycles. The second kappa shape index (κ2) is 9.98. The van der Waals surface area contributed by atoms with E-state index in [4.69, 9.17) is 15.3 Å². The summed E-state index contributed by atoms with van der Waals surface area (Å²) in [6, 6.07) is 8.61. The maximum atomic E-state index is 14.0. The van der Waals surface area contributed by atoms with Crippen LogP contribution in [0, 0.1) is 0 Å². The van der Waals surface area contributed by atoms with Crippen molar-refractivity contribution in [3.8, 4) is 0 Å². The average Bonchev–Trinajstić information content (AvgIpc) is 3.00. The van der Waals surface area contributed by atoms with Crippen molar-refractivity contribution in [2.24, 2.45) is 10.9 Å². The van der Waals surface area contributed by atoms with E-state index in [0.717, 1.165) is 14.2 Å². The van der Waals surface area contributed by atoms with E-state index in [-0.39, 0.29) is 6.61 Å². The van der Waals surface area contributed by atoms with Crippen molar-refractivity contribution in [3.05, 3.63) is 47.7 Å². The highest BCUT2D eigenvalue weighted by Crippen LogP contribution is 2.36. The van der Waals surface area contributed by atoms with E-state index in [9.17, 15) is 23.2 Å². The molecule has 1 atom stereocenters. The zero-order valence-electron chi connectivity index (χ0n) is 16.7. The lowest BCUT2D eigenvalue weighted by Crippen LogP contribution is -2.55. The van der Waals surface area contributed by atoms with Crippen LogP contribution in [-0.4, -0.2) is 61.5 Å². The number of esters is 2. The quantitative estimate of drug-likeness (QED) is 0.168. The lowest BCUT2D eigenvalue weighted by Gasteiger charge is -2.29. The third-order valence-corrected chi connectivity index (χ3v) is 4.12.